The highest BCUT2D eigenvalue weighted by atomic mass is 19.3. The smallest absolute Gasteiger partial charge is 0.387 e. The molecule has 7 heteroatoms. The van der Waals surface area contributed by atoms with E-state index in [2.05, 4.69) is 15.1 Å². The minimum Gasteiger partial charge on any atom is -0.434 e. The molecule has 0 aliphatic carbocycles. The first kappa shape index (κ1) is 15.4. The summed E-state index contributed by atoms with van der Waals surface area (Å²) in [7, 11) is 0. The lowest BCUT2D eigenvalue weighted by Crippen LogP contribution is -2.31. The molecular weight excluding hydrogens is 278 g/mol. The molecule has 0 fully saturated rings. The number of ether oxygens (including phenoxy) is 1. The van der Waals surface area contributed by atoms with Crippen LogP contribution < -0.4 is 16.0 Å². The summed E-state index contributed by atoms with van der Waals surface area (Å²) in [4.78, 5) is 4.28. The fraction of sp³-hybridized carbons (Fsp3) is 0.357. The summed E-state index contributed by atoms with van der Waals surface area (Å²) in [6, 6.07) is 6.02. The third kappa shape index (κ3) is 3.56. The number of imidazole rings is 1. The molecule has 1 aromatic carbocycles. The number of halogens is 2. The number of alkyl halides is 2. The van der Waals surface area contributed by atoms with Crippen LogP contribution in [0.25, 0.3) is 0 Å². The fourth-order valence-corrected chi connectivity index (χ4v) is 2.24. The van der Waals surface area contributed by atoms with Gasteiger partial charge in [0.15, 0.2) is 0 Å². The Bertz CT molecular complexity index is 574. The molecule has 1 aromatic heterocycles. The molecule has 0 saturated carbocycles. The SMILES string of the molecule is CCCn1ccnc1C(NN)c1ccccc1OC(F)F. The monoisotopic (exact) mass is 296 g/mol. The van der Waals surface area contributed by atoms with Crippen LogP contribution in [0.15, 0.2) is 36.7 Å². The molecule has 114 valence electrons. The van der Waals surface area contributed by atoms with Crippen LogP contribution in [-0.4, -0.2) is 16.2 Å². The molecule has 2 rings (SSSR count). The van der Waals surface area contributed by atoms with E-state index in [-0.39, 0.29) is 5.75 Å². The Balaban J connectivity index is 2.39. The molecule has 21 heavy (non-hydrogen) atoms. The average molecular weight is 296 g/mol. The number of aromatic nitrogens is 2. The Hall–Kier alpha value is -1.99. The highest BCUT2D eigenvalue weighted by Crippen LogP contribution is 2.29. The number of rotatable bonds is 7. The van der Waals surface area contributed by atoms with Gasteiger partial charge in [-0.1, -0.05) is 25.1 Å². The highest BCUT2D eigenvalue weighted by molar-refractivity contribution is 5.39. The van der Waals surface area contributed by atoms with Crippen LogP contribution in [0.4, 0.5) is 8.78 Å². The summed E-state index contributed by atoms with van der Waals surface area (Å²) >= 11 is 0. The van der Waals surface area contributed by atoms with E-state index in [1.807, 2.05) is 17.7 Å². The first-order chi connectivity index (χ1) is 10.2. The zero-order chi connectivity index (χ0) is 15.2. The van der Waals surface area contributed by atoms with E-state index in [1.165, 1.54) is 6.07 Å². The van der Waals surface area contributed by atoms with Crippen molar-refractivity contribution >= 4 is 0 Å². The number of hydrogen-bond acceptors (Lipinski definition) is 4. The van der Waals surface area contributed by atoms with Gasteiger partial charge in [0.25, 0.3) is 0 Å². The van der Waals surface area contributed by atoms with Crippen molar-refractivity contribution in [3.05, 3.63) is 48.0 Å². The van der Waals surface area contributed by atoms with Crippen molar-refractivity contribution in [2.45, 2.75) is 32.5 Å². The van der Waals surface area contributed by atoms with Crippen molar-refractivity contribution in [3.8, 4) is 5.75 Å². The molecule has 0 radical (unpaired) electrons. The lowest BCUT2D eigenvalue weighted by atomic mass is 10.1. The molecular formula is C14H18F2N4O. The number of nitrogens with one attached hydrogen (secondary N) is 1. The van der Waals surface area contributed by atoms with E-state index in [4.69, 9.17) is 5.84 Å². The minimum atomic E-state index is -2.89. The van der Waals surface area contributed by atoms with Gasteiger partial charge in [-0.3, -0.25) is 5.84 Å². The summed E-state index contributed by atoms with van der Waals surface area (Å²) in [6.07, 6.45) is 4.42. The molecule has 0 aliphatic rings. The zero-order valence-corrected chi connectivity index (χ0v) is 11.7. The number of hydrazine groups is 1. The molecule has 1 atom stereocenters. The second-order valence-electron chi connectivity index (χ2n) is 4.49. The van der Waals surface area contributed by atoms with E-state index < -0.39 is 12.7 Å². The molecule has 0 amide bonds. The number of aryl methyl sites for hydroxylation is 1. The van der Waals surface area contributed by atoms with Crippen molar-refractivity contribution < 1.29 is 13.5 Å². The van der Waals surface area contributed by atoms with Gasteiger partial charge in [-0.15, -0.1) is 0 Å². The summed E-state index contributed by atoms with van der Waals surface area (Å²) in [5.41, 5.74) is 3.14. The molecule has 0 saturated heterocycles. The van der Waals surface area contributed by atoms with Gasteiger partial charge in [0, 0.05) is 24.5 Å². The second-order valence-corrected chi connectivity index (χ2v) is 4.49. The van der Waals surface area contributed by atoms with Crippen LogP contribution in [0.2, 0.25) is 0 Å². The van der Waals surface area contributed by atoms with Crippen LogP contribution in [0.3, 0.4) is 0 Å². The lowest BCUT2D eigenvalue weighted by Gasteiger charge is -2.20. The van der Waals surface area contributed by atoms with Gasteiger partial charge >= 0.3 is 6.61 Å². The fourth-order valence-electron chi connectivity index (χ4n) is 2.24. The number of nitrogens with zero attached hydrogens (tertiary/aromatic N) is 2. The predicted molar refractivity (Wildman–Crippen MR) is 74.8 cm³/mol. The number of benzene rings is 1. The average Bonchev–Trinajstić information content (AvgIpc) is 2.90. The zero-order valence-electron chi connectivity index (χ0n) is 11.7. The molecule has 2 aromatic rings. The third-order valence-corrected chi connectivity index (χ3v) is 3.08. The largest absolute Gasteiger partial charge is 0.434 e. The Labute approximate surface area is 121 Å². The van der Waals surface area contributed by atoms with Gasteiger partial charge in [-0.05, 0) is 12.5 Å². The van der Waals surface area contributed by atoms with Crippen LogP contribution in [0.1, 0.15) is 30.8 Å². The van der Waals surface area contributed by atoms with E-state index >= 15 is 0 Å². The summed E-state index contributed by atoms with van der Waals surface area (Å²) in [5, 5.41) is 0. The van der Waals surface area contributed by atoms with Gasteiger partial charge in [0.2, 0.25) is 0 Å². The van der Waals surface area contributed by atoms with Crippen LogP contribution >= 0.6 is 0 Å². The number of para-hydroxylation sites is 1. The lowest BCUT2D eigenvalue weighted by molar-refractivity contribution is -0.0506. The quantitative estimate of drug-likeness (QED) is 0.608. The first-order valence-corrected chi connectivity index (χ1v) is 6.68. The van der Waals surface area contributed by atoms with Gasteiger partial charge in [-0.25, -0.2) is 10.4 Å². The van der Waals surface area contributed by atoms with Crippen LogP contribution in [0.5, 0.6) is 5.75 Å². The maximum absolute atomic E-state index is 12.5. The van der Waals surface area contributed by atoms with Gasteiger partial charge in [0.05, 0.1) is 0 Å². The first-order valence-electron chi connectivity index (χ1n) is 6.68. The van der Waals surface area contributed by atoms with Crippen LogP contribution in [-0.2, 0) is 6.54 Å². The van der Waals surface area contributed by atoms with E-state index in [0.717, 1.165) is 13.0 Å². The maximum atomic E-state index is 12.5. The van der Waals surface area contributed by atoms with E-state index in [1.54, 1.807) is 24.4 Å². The Kier molecular flexibility index (Phi) is 5.24. The van der Waals surface area contributed by atoms with Crippen molar-refractivity contribution in [1.82, 2.24) is 15.0 Å². The predicted octanol–water partition coefficient (Wildman–Crippen LogP) is 2.45. The van der Waals surface area contributed by atoms with Gasteiger partial charge in [-0.2, -0.15) is 8.78 Å². The molecule has 1 heterocycles. The molecule has 0 bridgehead atoms. The molecule has 0 aliphatic heterocycles. The minimum absolute atomic E-state index is 0.0847. The van der Waals surface area contributed by atoms with Crippen molar-refractivity contribution in [2.24, 2.45) is 5.84 Å². The Morgan fingerprint density at radius 2 is 2.14 bits per heavy atom. The molecule has 5 nitrogen and oxygen atoms in total. The Morgan fingerprint density at radius 1 is 1.38 bits per heavy atom. The van der Waals surface area contributed by atoms with Gasteiger partial charge < -0.3 is 9.30 Å². The molecule has 0 spiro atoms. The van der Waals surface area contributed by atoms with Gasteiger partial charge in [0.1, 0.15) is 17.6 Å². The normalized spacial score (nSPS) is 12.6. The molecule has 3 N–H and O–H groups in total. The summed E-state index contributed by atoms with van der Waals surface area (Å²) < 4.78 is 31.5. The maximum Gasteiger partial charge on any atom is 0.387 e. The topological polar surface area (TPSA) is 65.1 Å². The van der Waals surface area contributed by atoms with Crippen molar-refractivity contribution in [2.75, 3.05) is 0 Å². The molecule has 1 unspecified atom stereocenters. The van der Waals surface area contributed by atoms with E-state index in [0.29, 0.717) is 11.4 Å². The number of hydrogen-bond donors (Lipinski definition) is 2. The van der Waals surface area contributed by atoms with Crippen molar-refractivity contribution in [3.63, 3.8) is 0 Å². The van der Waals surface area contributed by atoms with E-state index in [9.17, 15) is 8.78 Å². The summed E-state index contributed by atoms with van der Waals surface area (Å²) in [5.74, 6) is 6.36. The Morgan fingerprint density at radius 3 is 2.81 bits per heavy atom. The highest BCUT2D eigenvalue weighted by Gasteiger charge is 2.22. The number of nitrogens with two attached hydrogens (primary N) is 1. The summed E-state index contributed by atoms with van der Waals surface area (Å²) in [6.45, 7) is -0.0755. The van der Waals surface area contributed by atoms with Crippen molar-refractivity contribution in [1.29, 1.82) is 0 Å². The van der Waals surface area contributed by atoms with Crippen LogP contribution in [0, 0.1) is 0 Å². The second kappa shape index (κ2) is 7.14. The standard InChI is InChI=1S/C14H18F2N4O/c1-2-8-20-9-7-18-13(20)12(19-17)10-5-3-4-6-11(10)21-14(15)16/h3-7,9,12,14,19H,2,8,17H2,1H3. The third-order valence-electron chi connectivity index (χ3n) is 3.08.